The second kappa shape index (κ2) is 12.1. The molecule has 0 aromatic heterocycles. The molecule has 0 aliphatic rings. The highest BCUT2D eigenvalue weighted by Gasteiger charge is 2.30. The molecular formula is C23H28Cl3N3O4S. The Hall–Kier alpha value is -2.00. The van der Waals surface area contributed by atoms with Crippen LogP contribution >= 0.6 is 34.8 Å². The molecule has 0 saturated carbocycles. The Morgan fingerprint density at radius 3 is 2.12 bits per heavy atom. The third-order valence-electron chi connectivity index (χ3n) is 4.98. The number of nitrogens with zero attached hydrogens (tertiary/aromatic N) is 2. The van der Waals surface area contributed by atoms with Crippen LogP contribution in [-0.2, 0) is 26.2 Å². The summed E-state index contributed by atoms with van der Waals surface area (Å²) in [6.45, 7) is 5.49. The van der Waals surface area contributed by atoms with Gasteiger partial charge in [-0.05, 0) is 54.8 Å². The molecule has 1 atom stereocenters. The van der Waals surface area contributed by atoms with Crippen LogP contribution in [0.5, 0.6) is 0 Å². The predicted octanol–water partition coefficient (Wildman–Crippen LogP) is 4.60. The van der Waals surface area contributed by atoms with E-state index in [-0.39, 0.29) is 24.1 Å². The van der Waals surface area contributed by atoms with Gasteiger partial charge >= 0.3 is 0 Å². The first-order chi connectivity index (χ1) is 15.8. The number of hydrogen-bond acceptors (Lipinski definition) is 4. The van der Waals surface area contributed by atoms with Crippen molar-refractivity contribution in [1.82, 2.24) is 10.2 Å². The van der Waals surface area contributed by atoms with Crippen LogP contribution in [0.25, 0.3) is 0 Å². The van der Waals surface area contributed by atoms with Crippen LogP contribution in [0.4, 0.5) is 5.69 Å². The Morgan fingerprint density at radius 1 is 0.971 bits per heavy atom. The standard InChI is InChI=1S/C23H28Cl3N3O4S/c1-15(2)12-27-23(31)16(3)28(13-17-5-10-20(25)21(26)11-17)22(30)14-29(34(4,32)33)19-8-6-18(24)7-9-19/h5-11,15-16H,12-14H2,1-4H3,(H,27,31)/t16-/m1/s1. The van der Waals surface area contributed by atoms with Gasteiger partial charge < -0.3 is 10.2 Å². The molecule has 0 spiro atoms. The Kier molecular flexibility index (Phi) is 10.1. The molecule has 2 amide bonds. The van der Waals surface area contributed by atoms with Gasteiger partial charge in [-0.25, -0.2) is 8.42 Å². The van der Waals surface area contributed by atoms with Crippen LogP contribution in [0.15, 0.2) is 42.5 Å². The summed E-state index contributed by atoms with van der Waals surface area (Å²) in [6, 6.07) is 10.1. The predicted molar refractivity (Wildman–Crippen MR) is 138 cm³/mol. The van der Waals surface area contributed by atoms with Crippen LogP contribution < -0.4 is 9.62 Å². The van der Waals surface area contributed by atoms with Crippen LogP contribution in [0, 0.1) is 5.92 Å². The minimum Gasteiger partial charge on any atom is -0.354 e. The lowest BCUT2D eigenvalue weighted by atomic mass is 10.1. The minimum absolute atomic E-state index is 0.0320. The number of amides is 2. The molecule has 0 unspecified atom stereocenters. The van der Waals surface area contributed by atoms with Crippen molar-refractivity contribution in [3.05, 3.63) is 63.1 Å². The minimum atomic E-state index is -3.81. The Bertz CT molecular complexity index is 1120. The van der Waals surface area contributed by atoms with Crippen LogP contribution in [0.2, 0.25) is 15.1 Å². The maximum atomic E-state index is 13.4. The van der Waals surface area contributed by atoms with Gasteiger partial charge in [-0.2, -0.15) is 0 Å². The number of carbonyl (C=O) groups excluding carboxylic acids is 2. The van der Waals surface area contributed by atoms with Gasteiger partial charge in [-0.1, -0.05) is 54.7 Å². The number of benzene rings is 2. The van der Waals surface area contributed by atoms with E-state index in [1.165, 1.54) is 29.2 Å². The fourth-order valence-corrected chi connectivity index (χ4v) is 4.39. The van der Waals surface area contributed by atoms with Gasteiger partial charge in [0.25, 0.3) is 0 Å². The highest BCUT2D eigenvalue weighted by Crippen LogP contribution is 2.25. The fraction of sp³-hybridized carbons (Fsp3) is 0.391. The highest BCUT2D eigenvalue weighted by molar-refractivity contribution is 7.92. The van der Waals surface area contributed by atoms with E-state index in [2.05, 4.69) is 5.32 Å². The average molecular weight is 549 g/mol. The van der Waals surface area contributed by atoms with Crippen molar-refractivity contribution in [2.24, 2.45) is 5.92 Å². The van der Waals surface area contributed by atoms with Gasteiger partial charge in [-0.15, -0.1) is 0 Å². The molecular weight excluding hydrogens is 521 g/mol. The molecule has 0 fully saturated rings. The quantitative estimate of drug-likeness (QED) is 0.470. The number of rotatable bonds is 10. The van der Waals surface area contributed by atoms with Gasteiger partial charge in [0.1, 0.15) is 12.6 Å². The number of hydrogen-bond donors (Lipinski definition) is 1. The maximum absolute atomic E-state index is 13.4. The average Bonchev–Trinajstić information content (AvgIpc) is 2.75. The third-order valence-corrected chi connectivity index (χ3v) is 7.11. The number of anilines is 1. The second-order valence-electron chi connectivity index (χ2n) is 8.33. The lowest BCUT2D eigenvalue weighted by Crippen LogP contribution is -2.51. The molecule has 0 bridgehead atoms. The molecule has 34 heavy (non-hydrogen) atoms. The van der Waals surface area contributed by atoms with Crippen molar-refractivity contribution in [2.75, 3.05) is 23.7 Å². The first kappa shape index (κ1) is 28.2. The zero-order valence-electron chi connectivity index (χ0n) is 19.4. The first-order valence-corrected chi connectivity index (χ1v) is 13.5. The van der Waals surface area contributed by atoms with Gasteiger partial charge in [0.2, 0.25) is 21.8 Å². The van der Waals surface area contributed by atoms with Gasteiger partial charge in [0.05, 0.1) is 22.0 Å². The van der Waals surface area contributed by atoms with E-state index >= 15 is 0 Å². The summed E-state index contributed by atoms with van der Waals surface area (Å²) in [6.07, 6.45) is 1.01. The molecule has 186 valence electrons. The lowest BCUT2D eigenvalue weighted by Gasteiger charge is -2.31. The van der Waals surface area contributed by atoms with E-state index < -0.39 is 28.5 Å². The zero-order valence-corrected chi connectivity index (χ0v) is 22.5. The second-order valence-corrected chi connectivity index (χ2v) is 11.5. The Labute approximate surface area is 216 Å². The molecule has 2 aromatic carbocycles. The summed E-state index contributed by atoms with van der Waals surface area (Å²) < 4.78 is 26.0. The normalized spacial score (nSPS) is 12.4. The molecule has 0 saturated heterocycles. The summed E-state index contributed by atoms with van der Waals surface area (Å²) in [4.78, 5) is 27.6. The van der Waals surface area contributed by atoms with Crippen molar-refractivity contribution in [1.29, 1.82) is 0 Å². The van der Waals surface area contributed by atoms with E-state index in [0.717, 1.165) is 10.6 Å². The molecule has 0 heterocycles. The highest BCUT2D eigenvalue weighted by atomic mass is 35.5. The molecule has 11 heteroatoms. The van der Waals surface area contributed by atoms with Crippen molar-refractivity contribution >= 4 is 62.3 Å². The van der Waals surface area contributed by atoms with Gasteiger partial charge in [0.15, 0.2) is 0 Å². The summed E-state index contributed by atoms with van der Waals surface area (Å²) >= 11 is 18.1. The zero-order chi connectivity index (χ0) is 25.6. The molecule has 0 radical (unpaired) electrons. The summed E-state index contributed by atoms with van der Waals surface area (Å²) in [7, 11) is -3.81. The van der Waals surface area contributed by atoms with Crippen molar-refractivity contribution in [3.63, 3.8) is 0 Å². The molecule has 1 N–H and O–H groups in total. The largest absolute Gasteiger partial charge is 0.354 e. The number of sulfonamides is 1. The Balaban J connectivity index is 2.38. The molecule has 2 rings (SSSR count). The topological polar surface area (TPSA) is 86.8 Å². The summed E-state index contributed by atoms with van der Waals surface area (Å²) in [5.74, 6) is -0.681. The first-order valence-electron chi connectivity index (χ1n) is 10.5. The van der Waals surface area contributed by atoms with Crippen LogP contribution in [0.3, 0.4) is 0 Å². The molecule has 2 aromatic rings. The number of carbonyl (C=O) groups is 2. The van der Waals surface area contributed by atoms with E-state index in [9.17, 15) is 18.0 Å². The van der Waals surface area contributed by atoms with Crippen molar-refractivity contribution < 1.29 is 18.0 Å². The third kappa shape index (κ3) is 8.05. The summed E-state index contributed by atoms with van der Waals surface area (Å²) in [5.41, 5.74) is 0.926. The monoisotopic (exact) mass is 547 g/mol. The number of nitrogens with one attached hydrogen (secondary N) is 1. The smallest absolute Gasteiger partial charge is 0.244 e. The van der Waals surface area contributed by atoms with Gasteiger partial charge in [0, 0.05) is 18.1 Å². The molecule has 0 aliphatic carbocycles. The van der Waals surface area contributed by atoms with Gasteiger partial charge in [-0.3, -0.25) is 13.9 Å². The van der Waals surface area contributed by atoms with Crippen molar-refractivity contribution in [3.8, 4) is 0 Å². The van der Waals surface area contributed by atoms with Crippen LogP contribution in [0.1, 0.15) is 26.3 Å². The van der Waals surface area contributed by atoms with Crippen molar-refractivity contribution in [2.45, 2.75) is 33.4 Å². The lowest BCUT2D eigenvalue weighted by molar-refractivity contribution is -0.139. The van der Waals surface area contributed by atoms with E-state index in [1.807, 2.05) is 13.8 Å². The van der Waals surface area contributed by atoms with Crippen LogP contribution in [-0.4, -0.2) is 50.5 Å². The van der Waals surface area contributed by atoms with E-state index in [0.29, 0.717) is 27.2 Å². The number of halogens is 3. The molecule has 7 nitrogen and oxygen atoms in total. The SMILES string of the molecule is CC(C)CNC(=O)[C@@H](C)N(Cc1ccc(Cl)c(Cl)c1)C(=O)CN(c1ccc(Cl)cc1)S(C)(=O)=O. The molecule has 0 aliphatic heterocycles. The van der Waals surface area contributed by atoms with E-state index in [1.54, 1.807) is 25.1 Å². The summed E-state index contributed by atoms with van der Waals surface area (Å²) in [5, 5.41) is 3.92. The fourth-order valence-electron chi connectivity index (χ4n) is 3.09. The van der Waals surface area contributed by atoms with E-state index in [4.69, 9.17) is 34.8 Å². The Morgan fingerprint density at radius 2 is 1.59 bits per heavy atom. The maximum Gasteiger partial charge on any atom is 0.244 e.